The van der Waals surface area contributed by atoms with Gasteiger partial charge in [0.25, 0.3) is 5.69 Å². The summed E-state index contributed by atoms with van der Waals surface area (Å²) >= 11 is 0. The van der Waals surface area contributed by atoms with E-state index in [1.54, 1.807) is 29.2 Å². The Morgan fingerprint density at radius 3 is 2.88 bits per heavy atom. The molecule has 0 saturated carbocycles. The van der Waals surface area contributed by atoms with Crippen LogP contribution < -0.4 is 0 Å². The third-order valence-electron chi connectivity index (χ3n) is 2.20. The minimum absolute atomic E-state index is 0.0417. The molecule has 1 aromatic carbocycles. The van der Waals surface area contributed by atoms with Crippen LogP contribution in [0.5, 0.6) is 0 Å². The van der Waals surface area contributed by atoms with Gasteiger partial charge in [-0.2, -0.15) is 5.10 Å². The van der Waals surface area contributed by atoms with Crippen molar-refractivity contribution in [1.82, 2.24) is 9.78 Å². The zero-order valence-electron chi connectivity index (χ0n) is 8.28. The van der Waals surface area contributed by atoms with Crippen LogP contribution in [0, 0.1) is 10.1 Å². The lowest BCUT2D eigenvalue weighted by Crippen LogP contribution is -2.01. The fourth-order valence-corrected chi connectivity index (χ4v) is 1.45. The maximum Gasteiger partial charge on any atom is 0.269 e. The number of hydrogen-bond acceptors (Lipinski definition) is 4. The van der Waals surface area contributed by atoms with Crippen molar-refractivity contribution in [3.05, 3.63) is 52.3 Å². The van der Waals surface area contributed by atoms with E-state index in [1.165, 1.54) is 12.1 Å². The van der Waals surface area contributed by atoms with Crippen molar-refractivity contribution >= 4 is 5.69 Å². The second-order valence-electron chi connectivity index (χ2n) is 3.18. The standard InChI is InChI=1S/C10H9N3O3/c14-7-8-6-9(13(15)16)2-3-10(8)12-5-1-4-11-12/h1-6,14H,7H2. The summed E-state index contributed by atoms with van der Waals surface area (Å²) < 4.78 is 1.55. The van der Waals surface area contributed by atoms with Gasteiger partial charge in [0.1, 0.15) is 0 Å². The summed E-state index contributed by atoms with van der Waals surface area (Å²) in [6.07, 6.45) is 3.31. The first-order valence-corrected chi connectivity index (χ1v) is 4.60. The maximum atomic E-state index is 10.6. The molecule has 0 aliphatic heterocycles. The van der Waals surface area contributed by atoms with E-state index >= 15 is 0 Å². The molecule has 2 aromatic rings. The van der Waals surface area contributed by atoms with E-state index in [2.05, 4.69) is 5.10 Å². The predicted octanol–water partition coefficient (Wildman–Crippen LogP) is 1.27. The SMILES string of the molecule is O=[N+]([O-])c1ccc(-n2cccn2)c(CO)c1. The smallest absolute Gasteiger partial charge is 0.269 e. The van der Waals surface area contributed by atoms with Gasteiger partial charge in [-0.3, -0.25) is 10.1 Å². The number of rotatable bonds is 3. The number of nitro benzene ring substituents is 1. The molecule has 6 nitrogen and oxygen atoms in total. The average Bonchev–Trinajstić information content (AvgIpc) is 2.81. The molecule has 0 unspecified atom stereocenters. The summed E-state index contributed by atoms with van der Waals surface area (Å²) in [5.41, 5.74) is 1.07. The molecule has 0 radical (unpaired) electrons. The van der Waals surface area contributed by atoms with E-state index in [-0.39, 0.29) is 12.3 Å². The number of aromatic nitrogens is 2. The van der Waals surface area contributed by atoms with Crippen molar-refractivity contribution in [2.45, 2.75) is 6.61 Å². The second kappa shape index (κ2) is 4.11. The van der Waals surface area contributed by atoms with Gasteiger partial charge in [-0.15, -0.1) is 0 Å². The molecule has 16 heavy (non-hydrogen) atoms. The van der Waals surface area contributed by atoms with E-state index in [4.69, 9.17) is 5.11 Å². The van der Waals surface area contributed by atoms with Crippen LogP contribution in [0.2, 0.25) is 0 Å². The Morgan fingerprint density at radius 2 is 2.31 bits per heavy atom. The fraction of sp³-hybridized carbons (Fsp3) is 0.100. The van der Waals surface area contributed by atoms with Crippen molar-refractivity contribution < 1.29 is 10.0 Å². The van der Waals surface area contributed by atoms with Gasteiger partial charge in [0.05, 0.1) is 17.2 Å². The first-order chi connectivity index (χ1) is 7.72. The summed E-state index contributed by atoms with van der Waals surface area (Å²) in [6.45, 7) is -0.267. The molecule has 1 N–H and O–H groups in total. The van der Waals surface area contributed by atoms with E-state index in [1.807, 2.05) is 0 Å². The van der Waals surface area contributed by atoms with Crippen molar-refractivity contribution in [2.24, 2.45) is 0 Å². The van der Waals surface area contributed by atoms with Gasteiger partial charge >= 0.3 is 0 Å². The fourth-order valence-electron chi connectivity index (χ4n) is 1.45. The maximum absolute atomic E-state index is 10.6. The van der Waals surface area contributed by atoms with E-state index in [9.17, 15) is 10.1 Å². The van der Waals surface area contributed by atoms with E-state index in [0.29, 0.717) is 11.3 Å². The Labute approximate surface area is 90.9 Å². The number of benzene rings is 1. The van der Waals surface area contributed by atoms with Crippen LogP contribution in [-0.2, 0) is 6.61 Å². The van der Waals surface area contributed by atoms with Gasteiger partial charge in [0, 0.05) is 30.1 Å². The molecular weight excluding hydrogens is 210 g/mol. The van der Waals surface area contributed by atoms with Crippen LogP contribution in [0.4, 0.5) is 5.69 Å². The zero-order valence-corrected chi connectivity index (χ0v) is 8.28. The molecule has 6 heteroatoms. The van der Waals surface area contributed by atoms with Crippen molar-refractivity contribution in [3.8, 4) is 5.69 Å². The Balaban J connectivity index is 2.51. The number of nitro groups is 1. The highest BCUT2D eigenvalue weighted by atomic mass is 16.6. The minimum Gasteiger partial charge on any atom is -0.392 e. The van der Waals surface area contributed by atoms with E-state index < -0.39 is 4.92 Å². The lowest BCUT2D eigenvalue weighted by Gasteiger charge is -2.06. The molecule has 0 atom stereocenters. The molecule has 0 aliphatic carbocycles. The monoisotopic (exact) mass is 219 g/mol. The first-order valence-electron chi connectivity index (χ1n) is 4.60. The number of nitrogens with zero attached hydrogens (tertiary/aromatic N) is 3. The molecule has 0 spiro atoms. The van der Waals surface area contributed by atoms with Gasteiger partial charge < -0.3 is 5.11 Å². The molecule has 0 bridgehead atoms. The first kappa shape index (κ1) is 10.3. The predicted molar refractivity (Wildman–Crippen MR) is 56.1 cm³/mol. The van der Waals surface area contributed by atoms with Crippen molar-refractivity contribution in [2.75, 3.05) is 0 Å². The second-order valence-corrected chi connectivity index (χ2v) is 3.18. The molecule has 82 valence electrons. The molecule has 0 fully saturated rings. The Kier molecular flexibility index (Phi) is 2.65. The Bertz CT molecular complexity index is 508. The van der Waals surface area contributed by atoms with Crippen LogP contribution in [-0.4, -0.2) is 19.8 Å². The number of non-ortho nitro benzene ring substituents is 1. The van der Waals surface area contributed by atoms with Gasteiger partial charge in [-0.1, -0.05) is 0 Å². The third-order valence-corrected chi connectivity index (χ3v) is 2.20. The normalized spacial score (nSPS) is 10.3. The largest absolute Gasteiger partial charge is 0.392 e. The average molecular weight is 219 g/mol. The van der Waals surface area contributed by atoms with Gasteiger partial charge in [-0.25, -0.2) is 4.68 Å². The Morgan fingerprint density at radius 1 is 1.50 bits per heavy atom. The van der Waals surface area contributed by atoms with Crippen LogP contribution in [0.3, 0.4) is 0 Å². The molecular formula is C10H9N3O3. The molecule has 2 rings (SSSR count). The van der Waals surface area contributed by atoms with Gasteiger partial charge in [0.15, 0.2) is 0 Å². The summed E-state index contributed by atoms with van der Waals surface area (Å²) in [4.78, 5) is 10.1. The van der Waals surface area contributed by atoms with Crippen LogP contribution >= 0.6 is 0 Å². The third kappa shape index (κ3) is 1.78. The molecule has 0 saturated heterocycles. The van der Waals surface area contributed by atoms with Crippen LogP contribution in [0.25, 0.3) is 5.69 Å². The number of aliphatic hydroxyl groups is 1. The van der Waals surface area contributed by atoms with Crippen LogP contribution in [0.15, 0.2) is 36.7 Å². The van der Waals surface area contributed by atoms with Crippen LogP contribution in [0.1, 0.15) is 5.56 Å². The van der Waals surface area contributed by atoms with Crippen molar-refractivity contribution in [1.29, 1.82) is 0 Å². The molecule has 0 amide bonds. The summed E-state index contributed by atoms with van der Waals surface area (Å²) in [5.74, 6) is 0. The zero-order chi connectivity index (χ0) is 11.5. The van der Waals surface area contributed by atoms with E-state index in [0.717, 1.165) is 0 Å². The minimum atomic E-state index is -0.494. The highest BCUT2D eigenvalue weighted by Gasteiger charge is 2.11. The highest BCUT2D eigenvalue weighted by molar-refractivity contribution is 5.47. The highest BCUT2D eigenvalue weighted by Crippen LogP contribution is 2.20. The van der Waals surface area contributed by atoms with Gasteiger partial charge in [0.2, 0.25) is 0 Å². The molecule has 0 aliphatic rings. The summed E-state index contributed by atoms with van der Waals surface area (Å²) in [6, 6.07) is 6.03. The van der Waals surface area contributed by atoms with Crippen molar-refractivity contribution in [3.63, 3.8) is 0 Å². The lowest BCUT2D eigenvalue weighted by molar-refractivity contribution is -0.384. The summed E-state index contributed by atoms with van der Waals surface area (Å²) in [5, 5.41) is 23.7. The number of aliphatic hydroxyl groups excluding tert-OH is 1. The molecule has 1 aromatic heterocycles. The Hall–Kier alpha value is -2.21. The number of hydrogen-bond donors (Lipinski definition) is 1. The molecule has 1 heterocycles. The topological polar surface area (TPSA) is 81.2 Å². The quantitative estimate of drug-likeness (QED) is 0.622. The summed E-state index contributed by atoms with van der Waals surface area (Å²) in [7, 11) is 0. The lowest BCUT2D eigenvalue weighted by atomic mass is 10.1. The van der Waals surface area contributed by atoms with Gasteiger partial charge in [-0.05, 0) is 12.1 Å².